The number of benzene rings is 3. The predicted octanol–water partition coefficient (Wildman–Crippen LogP) is 4.09. The fraction of sp³-hybridized carbons (Fsp3) is 0.0417. The van der Waals surface area contributed by atoms with Crippen molar-refractivity contribution < 1.29 is 9.59 Å². The molecule has 1 aromatic heterocycles. The summed E-state index contributed by atoms with van der Waals surface area (Å²) in [5.41, 5.74) is 7.96. The summed E-state index contributed by atoms with van der Waals surface area (Å²) in [6.45, 7) is 0. The number of anilines is 1. The first-order chi connectivity index (χ1) is 14.7. The number of hydrogen-bond donors (Lipinski definition) is 3. The van der Waals surface area contributed by atoms with E-state index in [-0.39, 0.29) is 18.2 Å². The van der Waals surface area contributed by atoms with Gasteiger partial charge in [-0.2, -0.15) is 5.10 Å². The lowest BCUT2D eigenvalue weighted by atomic mass is 10.0. The van der Waals surface area contributed by atoms with Crippen LogP contribution in [0.15, 0.2) is 77.9 Å². The zero-order valence-electron chi connectivity index (χ0n) is 16.0. The number of rotatable bonds is 4. The Bertz CT molecular complexity index is 1290. The smallest absolute Gasteiger partial charge is 0.272 e. The Balaban J connectivity index is 1.57. The molecule has 0 fully saturated rings. The number of nitrogens with one attached hydrogen (secondary N) is 3. The van der Waals surface area contributed by atoms with E-state index in [0.29, 0.717) is 11.3 Å². The standard InChI is InChI=1S/C24H18N4O2/c29-21(11-15-7-3-1-4-8-15)26-17-12-18-22-19(14-25-28-24(18)30)23(27-20(22)13-17)16-9-5-2-6-10-16/h1-10,12-14,27H,11H2,(H,26,29)(H,28,30). The van der Waals surface area contributed by atoms with E-state index in [1.807, 2.05) is 66.7 Å². The van der Waals surface area contributed by atoms with Crippen LogP contribution in [-0.4, -0.2) is 23.0 Å². The quantitative estimate of drug-likeness (QED) is 0.487. The van der Waals surface area contributed by atoms with Crippen molar-refractivity contribution in [3.05, 3.63) is 89.5 Å². The van der Waals surface area contributed by atoms with Crippen molar-refractivity contribution in [2.45, 2.75) is 6.42 Å². The van der Waals surface area contributed by atoms with E-state index >= 15 is 0 Å². The minimum absolute atomic E-state index is 0.145. The second-order valence-electron chi connectivity index (χ2n) is 7.14. The molecule has 3 N–H and O–H groups in total. The van der Waals surface area contributed by atoms with Gasteiger partial charge in [-0.15, -0.1) is 0 Å². The molecule has 1 aliphatic rings. The highest BCUT2D eigenvalue weighted by Gasteiger charge is 2.22. The summed E-state index contributed by atoms with van der Waals surface area (Å²) in [5, 5.41) is 7.76. The van der Waals surface area contributed by atoms with Gasteiger partial charge in [0.05, 0.1) is 23.9 Å². The van der Waals surface area contributed by atoms with Gasteiger partial charge in [-0.05, 0) is 23.3 Å². The molecule has 30 heavy (non-hydrogen) atoms. The number of carbonyl (C=O) groups excluding carboxylic acids is 2. The average molecular weight is 394 g/mol. The van der Waals surface area contributed by atoms with Gasteiger partial charge in [0, 0.05) is 22.2 Å². The first-order valence-electron chi connectivity index (χ1n) is 9.61. The molecule has 0 spiro atoms. The van der Waals surface area contributed by atoms with E-state index < -0.39 is 0 Å². The van der Waals surface area contributed by atoms with Crippen molar-refractivity contribution in [3.63, 3.8) is 0 Å². The number of hydrogen-bond acceptors (Lipinski definition) is 3. The Morgan fingerprint density at radius 1 is 0.967 bits per heavy atom. The summed E-state index contributed by atoms with van der Waals surface area (Å²) in [6.07, 6.45) is 1.91. The van der Waals surface area contributed by atoms with Gasteiger partial charge in [0.1, 0.15) is 0 Å². The Hall–Kier alpha value is -4.19. The first kappa shape index (κ1) is 17.9. The molecule has 0 saturated heterocycles. The van der Waals surface area contributed by atoms with Gasteiger partial charge >= 0.3 is 0 Å². The largest absolute Gasteiger partial charge is 0.354 e. The van der Waals surface area contributed by atoms with E-state index in [1.54, 1.807) is 12.3 Å². The second kappa shape index (κ2) is 7.33. The third-order valence-corrected chi connectivity index (χ3v) is 5.09. The number of hydrazone groups is 1. The number of aromatic amines is 1. The maximum absolute atomic E-state index is 12.6. The van der Waals surface area contributed by atoms with Crippen molar-refractivity contribution >= 4 is 34.6 Å². The Morgan fingerprint density at radius 2 is 1.70 bits per heavy atom. The molecule has 0 radical (unpaired) electrons. The van der Waals surface area contributed by atoms with Crippen molar-refractivity contribution in [3.8, 4) is 11.3 Å². The molecule has 5 rings (SSSR count). The highest BCUT2D eigenvalue weighted by molar-refractivity contribution is 6.18. The lowest BCUT2D eigenvalue weighted by molar-refractivity contribution is -0.115. The third-order valence-electron chi connectivity index (χ3n) is 5.09. The van der Waals surface area contributed by atoms with Crippen LogP contribution in [0.1, 0.15) is 21.5 Å². The SMILES string of the molecule is O=C(Cc1ccccc1)Nc1cc2c3c(c(-c4ccccc4)[nH]c3c1)C=NNC2=O. The molecule has 1 aliphatic heterocycles. The summed E-state index contributed by atoms with van der Waals surface area (Å²) >= 11 is 0. The molecule has 146 valence electrons. The Kier molecular flexibility index (Phi) is 4.37. The molecule has 2 amide bonds. The maximum Gasteiger partial charge on any atom is 0.272 e. The molecule has 3 aromatic carbocycles. The van der Waals surface area contributed by atoms with Crippen LogP contribution >= 0.6 is 0 Å². The lowest BCUT2D eigenvalue weighted by Gasteiger charge is -2.08. The van der Waals surface area contributed by atoms with Crippen LogP contribution in [0.3, 0.4) is 0 Å². The van der Waals surface area contributed by atoms with Gasteiger partial charge < -0.3 is 10.3 Å². The molecular weight excluding hydrogens is 376 g/mol. The van der Waals surface area contributed by atoms with Crippen molar-refractivity contribution in [2.24, 2.45) is 5.10 Å². The molecular formula is C24H18N4O2. The van der Waals surface area contributed by atoms with Gasteiger partial charge in [-0.25, -0.2) is 5.43 Å². The van der Waals surface area contributed by atoms with Crippen LogP contribution in [-0.2, 0) is 11.2 Å². The molecule has 0 saturated carbocycles. The van der Waals surface area contributed by atoms with Gasteiger partial charge in [-0.1, -0.05) is 60.7 Å². The highest BCUT2D eigenvalue weighted by atomic mass is 16.2. The zero-order chi connectivity index (χ0) is 20.5. The molecule has 6 heteroatoms. The number of aromatic nitrogens is 1. The summed E-state index contributed by atoms with van der Waals surface area (Å²) in [7, 11) is 0. The van der Waals surface area contributed by atoms with Crippen molar-refractivity contribution in [1.82, 2.24) is 10.4 Å². The van der Waals surface area contributed by atoms with E-state index in [1.165, 1.54) is 0 Å². The summed E-state index contributed by atoms with van der Waals surface area (Å²) in [6, 6.07) is 22.9. The summed E-state index contributed by atoms with van der Waals surface area (Å²) in [5.74, 6) is -0.458. The number of H-pyrrole nitrogens is 1. The van der Waals surface area contributed by atoms with Crippen LogP contribution < -0.4 is 10.7 Å². The molecule has 6 nitrogen and oxygen atoms in total. The number of carbonyl (C=O) groups is 2. The maximum atomic E-state index is 12.6. The van der Waals surface area contributed by atoms with E-state index in [2.05, 4.69) is 20.8 Å². The number of amides is 2. The lowest BCUT2D eigenvalue weighted by Crippen LogP contribution is -2.18. The van der Waals surface area contributed by atoms with Crippen LogP contribution in [0.25, 0.3) is 22.2 Å². The van der Waals surface area contributed by atoms with E-state index in [4.69, 9.17) is 0 Å². The topological polar surface area (TPSA) is 86.3 Å². The Morgan fingerprint density at radius 3 is 2.47 bits per heavy atom. The minimum Gasteiger partial charge on any atom is -0.354 e. The van der Waals surface area contributed by atoms with Crippen LogP contribution in [0, 0.1) is 0 Å². The van der Waals surface area contributed by atoms with E-state index in [9.17, 15) is 9.59 Å². The average Bonchev–Trinajstić information content (AvgIpc) is 3.03. The van der Waals surface area contributed by atoms with E-state index in [0.717, 1.165) is 33.3 Å². The van der Waals surface area contributed by atoms with Gasteiger partial charge in [-0.3, -0.25) is 9.59 Å². The molecule has 2 heterocycles. The third kappa shape index (κ3) is 3.24. The monoisotopic (exact) mass is 394 g/mol. The van der Waals surface area contributed by atoms with Crippen LogP contribution in [0.2, 0.25) is 0 Å². The Labute approximate surface area is 172 Å². The van der Waals surface area contributed by atoms with Gasteiger partial charge in [0.2, 0.25) is 5.91 Å². The zero-order valence-corrected chi connectivity index (χ0v) is 16.0. The normalized spacial score (nSPS) is 12.5. The van der Waals surface area contributed by atoms with Crippen molar-refractivity contribution in [2.75, 3.05) is 5.32 Å². The molecule has 0 bridgehead atoms. The molecule has 0 aliphatic carbocycles. The van der Waals surface area contributed by atoms with Crippen LogP contribution in [0.4, 0.5) is 5.69 Å². The van der Waals surface area contributed by atoms with Gasteiger partial charge in [0.25, 0.3) is 5.91 Å². The molecule has 0 unspecified atom stereocenters. The van der Waals surface area contributed by atoms with Crippen molar-refractivity contribution in [1.29, 1.82) is 0 Å². The summed E-state index contributed by atoms with van der Waals surface area (Å²) in [4.78, 5) is 28.5. The fourth-order valence-electron chi connectivity index (χ4n) is 3.77. The fourth-order valence-corrected chi connectivity index (χ4v) is 3.77. The highest BCUT2D eigenvalue weighted by Crippen LogP contribution is 2.34. The molecule has 4 aromatic rings. The first-order valence-corrected chi connectivity index (χ1v) is 9.61. The predicted molar refractivity (Wildman–Crippen MR) is 118 cm³/mol. The van der Waals surface area contributed by atoms with Gasteiger partial charge in [0.15, 0.2) is 0 Å². The minimum atomic E-state index is -0.312. The second-order valence-corrected chi connectivity index (χ2v) is 7.14. The van der Waals surface area contributed by atoms with Crippen LogP contribution in [0.5, 0.6) is 0 Å². The summed E-state index contributed by atoms with van der Waals surface area (Å²) < 4.78 is 0. The molecule has 0 atom stereocenters. The number of nitrogens with zero attached hydrogens (tertiary/aromatic N) is 1.